The Labute approximate surface area is 68.9 Å². The van der Waals surface area contributed by atoms with Gasteiger partial charge in [-0.2, -0.15) is 13.5 Å². The Morgan fingerprint density at radius 2 is 1.92 bits per heavy atom. The van der Waals surface area contributed by atoms with Crippen molar-refractivity contribution in [1.29, 1.82) is 0 Å². The van der Waals surface area contributed by atoms with Gasteiger partial charge in [0.25, 0.3) is 10.1 Å². The van der Waals surface area contributed by atoms with Gasteiger partial charge in [0.2, 0.25) is 0 Å². The smallest absolute Gasteiger partial charge is 0.320 e. The van der Waals surface area contributed by atoms with Crippen molar-refractivity contribution < 1.29 is 28.1 Å². The summed E-state index contributed by atoms with van der Waals surface area (Å²) in [5.41, 5.74) is 0. The van der Waals surface area contributed by atoms with Gasteiger partial charge < -0.3 is 10.3 Å². The fraction of sp³-hybridized carbons (Fsp3) is 0.750. The summed E-state index contributed by atoms with van der Waals surface area (Å²) in [5.74, 6) is -1.98. The number of hydrogen-bond acceptors (Lipinski definition) is 5. The van der Waals surface area contributed by atoms with Gasteiger partial charge in [-0.1, -0.05) is 0 Å². The highest BCUT2D eigenvalue weighted by Crippen LogP contribution is 1.86. The van der Waals surface area contributed by atoms with Crippen LogP contribution in [0.4, 0.5) is 0 Å². The van der Waals surface area contributed by atoms with E-state index < -0.39 is 34.9 Å². The molecule has 0 aromatic carbocycles. The predicted molar refractivity (Wildman–Crippen MR) is 37.4 cm³/mol. The molecule has 8 heteroatoms. The molecule has 0 amide bonds. The average molecular weight is 199 g/mol. The van der Waals surface area contributed by atoms with Gasteiger partial charge >= 0.3 is 5.97 Å². The number of nitrogens with zero attached hydrogens (tertiary/aromatic N) is 1. The van der Waals surface area contributed by atoms with Crippen molar-refractivity contribution in [3.8, 4) is 0 Å². The molecule has 0 saturated heterocycles. The van der Waals surface area contributed by atoms with Gasteiger partial charge in [-0.05, 0) is 0 Å². The van der Waals surface area contributed by atoms with Gasteiger partial charge in [0, 0.05) is 6.54 Å². The zero-order chi connectivity index (χ0) is 9.78. The molecular formula is C4H9NO6S. The summed E-state index contributed by atoms with van der Waals surface area (Å²) in [6.07, 6.45) is 0. The Bertz CT molecular complexity index is 246. The van der Waals surface area contributed by atoms with E-state index in [2.05, 4.69) is 0 Å². The van der Waals surface area contributed by atoms with Crippen molar-refractivity contribution in [2.75, 3.05) is 18.8 Å². The molecule has 0 radical (unpaired) electrons. The molecule has 0 saturated carbocycles. The van der Waals surface area contributed by atoms with E-state index in [1.54, 1.807) is 0 Å². The summed E-state index contributed by atoms with van der Waals surface area (Å²) in [6.45, 7) is -1.12. The molecular weight excluding hydrogens is 190 g/mol. The van der Waals surface area contributed by atoms with Crippen LogP contribution in [0, 0.1) is 0 Å². The van der Waals surface area contributed by atoms with E-state index in [0.717, 1.165) is 0 Å². The van der Waals surface area contributed by atoms with Gasteiger partial charge in [-0.25, -0.2) is 0 Å². The van der Waals surface area contributed by atoms with Crippen LogP contribution in [0.15, 0.2) is 0 Å². The Morgan fingerprint density at radius 3 is 2.25 bits per heavy atom. The van der Waals surface area contributed by atoms with Gasteiger partial charge in [0.1, 0.15) is 6.54 Å². The minimum Gasteiger partial charge on any atom is -0.480 e. The Balaban J connectivity index is 3.72. The molecule has 7 nitrogen and oxygen atoms in total. The van der Waals surface area contributed by atoms with Crippen LogP contribution in [0.25, 0.3) is 0 Å². The van der Waals surface area contributed by atoms with Crippen LogP contribution in [-0.2, 0) is 14.9 Å². The van der Waals surface area contributed by atoms with Crippen LogP contribution < -0.4 is 0 Å². The molecule has 0 aliphatic rings. The van der Waals surface area contributed by atoms with Crippen LogP contribution in [0.2, 0.25) is 0 Å². The monoisotopic (exact) mass is 199 g/mol. The summed E-state index contributed by atoms with van der Waals surface area (Å²) in [4.78, 5) is 9.92. The molecule has 0 spiro atoms. The van der Waals surface area contributed by atoms with Crippen LogP contribution >= 0.6 is 0 Å². The SMILES string of the molecule is O=C(O)CN(O)CCS(=O)(=O)O. The largest absolute Gasteiger partial charge is 0.480 e. The van der Waals surface area contributed by atoms with Crippen molar-refractivity contribution in [3.63, 3.8) is 0 Å². The van der Waals surface area contributed by atoms with E-state index in [9.17, 15) is 13.2 Å². The predicted octanol–water partition coefficient (Wildman–Crippen LogP) is -1.35. The first-order valence-corrected chi connectivity index (χ1v) is 4.53. The number of carbonyl (C=O) groups is 1. The maximum absolute atomic E-state index is 10.1. The van der Waals surface area contributed by atoms with Gasteiger partial charge in [-0.15, -0.1) is 0 Å². The Kier molecular flexibility index (Phi) is 4.10. The Hall–Kier alpha value is -0.700. The number of carboxylic acids is 1. The number of hydroxylamine groups is 2. The van der Waals surface area contributed by atoms with E-state index in [1.165, 1.54) is 0 Å². The molecule has 0 aliphatic carbocycles. The lowest BCUT2D eigenvalue weighted by atomic mass is 10.6. The van der Waals surface area contributed by atoms with E-state index in [4.69, 9.17) is 14.9 Å². The van der Waals surface area contributed by atoms with E-state index >= 15 is 0 Å². The summed E-state index contributed by atoms with van der Waals surface area (Å²) in [6, 6.07) is 0. The molecule has 0 heterocycles. The first kappa shape index (κ1) is 11.3. The third-order valence-electron chi connectivity index (χ3n) is 0.925. The van der Waals surface area contributed by atoms with Crippen molar-refractivity contribution in [1.82, 2.24) is 5.06 Å². The third kappa shape index (κ3) is 7.41. The van der Waals surface area contributed by atoms with Crippen molar-refractivity contribution in [2.45, 2.75) is 0 Å². The quantitative estimate of drug-likeness (QED) is 0.370. The number of rotatable bonds is 5. The van der Waals surface area contributed by atoms with E-state index in [1.807, 2.05) is 0 Å². The van der Waals surface area contributed by atoms with Crippen LogP contribution in [-0.4, -0.2) is 53.2 Å². The first-order valence-electron chi connectivity index (χ1n) is 2.92. The van der Waals surface area contributed by atoms with E-state index in [0.29, 0.717) is 0 Å². The third-order valence-corrected chi connectivity index (χ3v) is 1.62. The standard InChI is InChI=1S/C4H9NO6S/c6-4(7)3-5(8)1-2-12(9,10)11/h8H,1-3H2,(H,6,7)(H,9,10,11). The zero-order valence-electron chi connectivity index (χ0n) is 6.04. The molecule has 72 valence electrons. The lowest BCUT2D eigenvalue weighted by molar-refractivity contribution is -0.152. The van der Waals surface area contributed by atoms with Crippen molar-refractivity contribution >= 4 is 16.1 Å². The van der Waals surface area contributed by atoms with Crippen LogP contribution in [0.1, 0.15) is 0 Å². The second-order valence-corrected chi connectivity index (χ2v) is 3.64. The normalized spacial score (nSPS) is 11.9. The fourth-order valence-corrected chi connectivity index (χ4v) is 0.897. The van der Waals surface area contributed by atoms with Gasteiger partial charge in [-0.3, -0.25) is 9.35 Å². The molecule has 0 fully saturated rings. The highest BCUT2D eigenvalue weighted by molar-refractivity contribution is 7.85. The second-order valence-electron chi connectivity index (χ2n) is 2.07. The number of carboxylic acid groups (broad SMARTS) is 1. The molecule has 0 aromatic rings. The minimum atomic E-state index is -4.15. The average Bonchev–Trinajstić information content (AvgIpc) is 1.80. The number of aliphatic carboxylic acids is 1. The molecule has 0 aromatic heterocycles. The summed E-state index contributed by atoms with van der Waals surface area (Å²) in [5, 5.41) is 17.0. The summed E-state index contributed by atoms with van der Waals surface area (Å²) >= 11 is 0. The zero-order valence-corrected chi connectivity index (χ0v) is 6.86. The molecule has 0 aliphatic heterocycles. The summed E-state index contributed by atoms with van der Waals surface area (Å²) in [7, 11) is -4.15. The highest BCUT2D eigenvalue weighted by Gasteiger charge is 2.10. The molecule has 0 bridgehead atoms. The minimum absolute atomic E-state index is 0.288. The molecule has 0 unspecified atom stereocenters. The molecule has 0 atom stereocenters. The van der Waals surface area contributed by atoms with Gasteiger partial charge in [0.15, 0.2) is 0 Å². The lowest BCUT2D eigenvalue weighted by Gasteiger charge is -2.09. The van der Waals surface area contributed by atoms with Crippen molar-refractivity contribution in [2.24, 2.45) is 0 Å². The Morgan fingerprint density at radius 1 is 1.42 bits per heavy atom. The summed E-state index contributed by atoms with van der Waals surface area (Å²) < 4.78 is 28.4. The van der Waals surface area contributed by atoms with Crippen LogP contribution in [0.5, 0.6) is 0 Å². The second kappa shape index (κ2) is 4.36. The fourth-order valence-electron chi connectivity index (χ4n) is 0.456. The maximum Gasteiger partial charge on any atom is 0.320 e. The van der Waals surface area contributed by atoms with Crippen LogP contribution in [0.3, 0.4) is 0 Å². The van der Waals surface area contributed by atoms with Crippen molar-refractivity contribution in [3.05, 3.63) is 0 Å². The topological polar surface area (TPSA) is 115 Å². The lowest BCUT2D eigenvalue weighted by Crippen LogP contribution is -2.30. The van der Waals surface area contributed by atoms with Gasteiger partial charge in [0.05, 0.1) is 5.75 Å². The number of hydrogen-bond donors (Lipinski definition) is 3. The molecule has 0 rings (SSSR count). The molecule has 3 N–H and O–H groups in total. The first-order chi connectivity index (χ1) is 5.31. The highest BCUT2D eigenvalue weighted by atomic mass is 32.2. The molecule has 12 heavy (non-hydrogen) atoms. The maximum atomic E-state index is 10.1. The van der Waals surface area contributed by atoms with E-state index in [-0.39, 0.29) is 5.06 Å².